The molecule has 1 aromatic carbocycles. The van der Waals surface area contributed by atoms with E-state index in [1.54, 1.807) is 6.92 Å². The Morgan fingerprint density at radius 3 is 2.30 bits per heavy atom. The number of nitrogens with one attached hydrogen (secondary N) is 1. The Bertz CT molecular complexity index is 646. The van der Waals surface area contributed by atoms with Gasteiger partial charge in [-0.05, 0) is 30.7 Å². The molecule has 124 valence electrons. The van der Waals surface area contributed by atoms with Crippen LogP contribution in [0.3, 0.4) is 0 Å². The molecular formula is C14H12F5N3O. The van der Waals surface area contributed by atoms with Crippen molar-refractivity contribution in [1.29, 1.82) is 0 Å². The molecule has 0 radical (unpaired) electrons. The molecule has 0 amide bonds. The van der Waals surface area contributed by atoms with Gasteiger partial charge in [-0.15, -0.1) is 0 Å². The van der Waals surface area contributed by atoms with Gasteiger partial charge in [-0.25, -0.2) is 9.97 Å². The van der Waals surface area contributed by atoms with Crippen molar-refractivity contribution in [2.24, 2.45) is 0 Å². The molecule has 9 heteroatoms. The normalized spacial score (nSPS) is 13.0. The average molecular weight is 333 g/mol. The molecule has 0 aliphatic carbocycles. The number of hydrogen-bond donors (Lipinski definition) is 1. The number of aromatic nitrogens is 2. The van der Waals surface area contributed by atoms with Gasteiger partial charge in [0.25, 0.3) is 0 Å². The maximum Gasteiger partial charge on any atom is 0.433 e. The zero-order valence-corrected chi connectivity index (χ0v) is 11.8. The molecule has 1 heterocycles. The molecule has 2 rings (SSSR count). The Morgan fingerprint density at radius 2 is 1.74 bits per heavy atom. The monoisotopic (exact) mass is 333 g/mol. The van der Waals surface area contributed by atoms with Crippen LogP contribution in [0.1, 0.15) is 24.2 Å². The highest BCUT2D eigenvalue weighted by molar-refractivity contribution is 5.35. The van der Waals surface area contributed by atoms with E-state index in [0.29, 0.717) is 5.56 Å². The van der Waals surface area contributed by atoms with Crippen molar-refractivity contribution in [3.63, 3.8) is 0 Å². The van der Waals surface area contributed by atoms with Crippen LogP contribution in [0.25, 0.3) is 0 Å². The minimum Gasteiger partial charge on any atom is -0.435 e. The number of benzene rings is 1. The topological polar surface area (TPSA) is 47.0 Å². The van der Waals surface area contributed by atoms with Crippen molar-refractivity contribution in [2.45, 2.75) is 25.8 Å². The summed E-state index contributed by atoms with van der Waals surface area (Å²) in [6.45, 7) is -1.25. The Balaban J connectivity index is 2.08. The lowest BCUT2D eigenvalue weighted by atomic mass is 10.1. The van der Waals surface area contributed by atoms with Crippen molar-refractivity contribution < 1.29 is 26.7 Å². The Morgan fingerprint density at radius 1 is 1.09 bits per heavy atom. The molecule has 2 aromatic rings. The Labute approximate surface area is 128 Å². The zero-order chi connectivity index (χ0) is 17.0. The van der Waals surface area contributed by atoms with Gasteiger partial charge in [-0.2, -0.15) is 22.0 Å². The van der Waals surface area contributed by atoms with Gasteiger partial charge in [0.05, 0.1) is 6.04 Å². The molecule has 1 aromatic heterocycles. The van der Waals surface area contributed by atoms with Crippen LogP contribution >= 0.6 is 0 Å². The molecule has 0 fully saturated rings. The second-order valence-corrected chi connectivity index (χ2v) is 4.58. The van der Waals surface area contributed by atoms with Crippen molar-refractivity contribution in [3.8, 4) is 5.75 Å². The van der Waals surface area contributed by atoms with E-state index in [-0.39, 0.29) is 11.7 Å². The molecule has 4 nitrogen and oxygen atoms in total. The molecule has 0 aliphatic rings. The molecule has 0 spiro atoms. The van der Waals surface area contributed by atoms with Crippen LogP contribution in [0.5, 0.6) is 5.75 Å². The van der Waals surface area contributed by atoms with Crippen LogP contribution in [0.2, 0.25) is 0 Å². The van der Waals surface area contributed by atoms with Gasteiger partial charge in [0.2, 0.25) is 5.95 Å². The summed E-state index contributed by atoms with van der Waals surface area (Å²) in [7, 11) is 0. The third-order valence-electron chi connectivity index (χ3n) is 2.90. The van der Waals surface area contributed by atoms with Crippen LogP contribution in [0, 0.1) is 0 Å². The average Bonchev–Trinajstić information content (AvgIpc) is 2.46. The Hall–Kier alpha value is -2.45. The number of alkyl halides is 5. The highest BCUT2D eigenvalue weighted by Crippen LogP contribution is 2.28. The lowest BCUT2D eigenvalue weighted by Crippen LogP contribution is -2.13. The van der Waals surface area contributed by atoms with E-state index in [2.05, 4.69) is 20.0 Å². The van der Waals surface area contributed by atoms with E-state index in [9.17, 15) is 22.0 Å². The SMILES string of the molecule is CC(Nc1nccc(C(F)(F)F)n1)c1ccc(OC(F)F)cc1. The first-order valence-electron chi connectivity index (χ1n) is 6.47. The molecule has 0 aliphatic heterocycles. The van der Waals surface area contributed by atoms with Crippen LogP contribution in [-0.4, -0.2) is 16.6 Å². The van der Waals surface area contributed by atoms with Gasteiger partial charge in [-0.3, -0.25) is 0 Å². The van der Waals surface area contributed by atoms with E-state index in [1.807, 2.05) is 0 Å². The maximum absolute atomic E-state index is 12.6. The van der Waals surface area contributed by atoms with Crippen LogP contribution in [0.4, 0.5) is 27.9 Å². The van der Waals surface area contributed by atoms with E-state index in [0.717, 1.165) is 12.3 Å². The first kappa shape index (κ1) is 16.9. The first-order chi connectivity index (χ1) is 10.8. The summed E-state index contributed by atoms with van der Waals surface area (Å²) in [5.74, 6) is -0.188. The second kappa shape index (κ2) is 6.76. The standard InChI is InChI=1S/C14H12F5N3O/c1-8(9-2-4-10(5-3-9)23-12(15)16)21-13-20-7-6-11(22-13)14(17,18)19/h2-8,12H,1H3,(H,20,21,22). The number of nitrogens with zero attached hydrogens (tertiary/aromatic N) is 2. The third-order valence-corrected chi connectivity index (χ3v) is 2.90. The molecule has 0 saturated heterocycles. The quantitative estimate of drug-likeness (QED) is 0.830. The lowest BCUT2D eigenvalue weighted by molar-refractivity contribution is -0.141. The summed E-state index contributed by atoms with van der Waals surface area (Å²) in [4.78, 5) is 7.12. The number of ether oxygens (including phenoxy) is 1. The second-order valence-electron chi connectivity index (χ2n) is 4.58. The molecule has 0 saturated carbocycles. The fourth-order valence-electron chi connectivity index (χ4n) is 1.80. The summed E-state index contributed by atoms with van der Waals surface area (Å²) < 4.78 is 66.1. The van der Waals surface area contributed by atoms with Crippen molar-refractivity contribution in [3.05, 3.63) is 47.8 Å². The largest absolute Gasteiger partial charge is 0.435 e. The molecule has 1 atom stereocenters. The van der Waals surface area contributed by atoms with Gasteiger partial charge >= 0.3 is 12.8 Å². The Kier molecular flexibility index (Phi) is 4.97. The number of hydrogen-bond acceptors (Lipinski definition) is 4. The molecule has 23 heavy (non-hydrogen) atoms. The van der Waals surface area contributed by atoms with E-state index in [4.69, 9.17) is 0 Å². The molecule has 0 bridgehead atoms. The molecule has 1 unspecified atom stereocenters. The van der Waals surface area contributed by atoms with E-state index < -0.39 is 24.5 Å². The van der Waals surface area contributed by atoms with Gasteiger partial charge in [0, 0.05) is 6.20 Å². The van der Waals surface area contributed by atoms with Gasteiger partial charge in [-0.1, -0.05) is 12.1 Å². The molecule has 1 N–H and O–H groups in total. The number of anilines is 1. The van der Waals surface area contributed by atoms with E-state index >= 15 is 0 Å². The fourth-order valence-corrected chi connectivity index (χ4v) is 1.80. The minimum absolute atomic E-state index is 0.00808. The summed E-state index contributed by atoms with van der Waals surface area (Å²) in [5.41, 5.74) is -0.407. The van der Waals surface area contributed by atoms with Crippen LogP contribution in [-0.2, 0) is 6.18 Å². The molecular weight excluding hydrogens is 321 g/mol. The third kappa shape index (κ3) is 4.76. The van der Waals surface area contributed by atoms with Crippen LogP contribution in [0.15, 0.2) is 36.5 Å². The van der Waals surface area contributed by atoms with Gasteiger partial charge in [0.1, 0.15) is 11.4 Å². The highest BCUT2D eigenvalue weighted by atomic mass is 19.4. The van der Waals surface area contributed by atoms with Crippen LogP contribution < -0.4 is 10.1 Å². The van der Waals surface area contributed by atoms with E-state index in [1.165, 1.54) is 24.3 Å². The first-order valence-corrected chi connectivity index (χ1v) is 6.47. The number of rotatable bonds is 5. The van der Waals surface area contributed by atoms with Gasteiger partial charge < -0.3 is 10.1 Å². The summed E-state index contributed by atoms with van der Waals surface area (Å²) >= 11 is 0. The van der Waals surface area contributed by atoms with Crippen molar-refractivity contribution >= 4 is 5.95 Å². The van der Waals surface area contributed by atoms with Gasteiger partial charge in [0.15, 0.2) is 0 Å². The summed E-state index contributed by atoms with van der Waals surface area (Å²) in [6, 6.07) is 6.05. The summed E-state index contributed by atoms with van der Waals surface area (Å²) in [6.07, 6.45) is -3.55. The minimum atomic E-state index is -4.56. The number of halogens is 5. The highest BCUT2D eigenvalue weighted by Gasteiger charge is 2.32. The zero-order valence-electron chi connectivity index (χ0n) is 11.8. The smallest absolute Gasteiger partial charge is 0.433 e. The summed E-state index contributed by atoms with van der Waals surface area (Å²) in [5, 5.41) is 2.72. The van der Waals surface area contributed by atoms with Crippen molar-refractivity contribution in [2.75, 3.05) is 5.32 Å². The predicted molar refractivity (Wildman–Crippen MR) is 72.1 cm³/mol. The lowest BCUT2D eigenvalue weighted by Gasteiger charge is -2.15. The van der Waals surface area contributed by atoms with Crippen molar-refractivity contribution in [1.82, 2.24) is 9.97 Å². The predicted octanol–water partition coefficient (Wildman–Crippen LogP) is 4.27. The maximum atomic E-state index is 12.6. The fraction of sp³-hybridized carbons (Fsp3) is 0.286.